The minimum Gasteiger partial charge on any atom is -0.392 e. The minimum atomic E-state index is -0.215. The summed E-state index contributed by atoms with van der Waals surface area (Å²) >= 11 is 1.42. The van der Waals surface area contributed by atoms with Gasteiger partial charge in [-0.2, -0.15) is 0 Å². The van der Waals surface area contributed by atoms with Gasteiger partial charge in [0, 0.05) is 24.2 Å². The van der Waals surface area contributed by atoms with Crippen LogP contribution in [0.15, 0.2) is 35.7 Å². The number of Topliss-reactive ketones (excluding diaryl/α,β-unsaturated/α-hetero) is 1. The average molecular weight is 387 g/mol. The number of aliphatic hydroxyl groups is 1. The zero-order chi connectivity index (χ0) is 19.2. The topological polar surface area (TPSA) is 69.6 Å². The highest BCUT2D eigenvalue weighted by molar-refractivity contribution is 7.12. The Bertz CT molecular complexity index is 802. The third-order valence-electron chi connectivity index (χ3n) is 4.84. The summed E-state index contributed by atoms with van der Waals surface area (Å²) in [6.07, 6.45) is 2.56. The van der Waals surface area contributed by atoms with Crippen LogP contribution in [0.3, 0.4) is 0 Å². The van der Waals surface area contributed by atoms with Crippen molar-refractivity contribution in [2.24, 2.45) is 0 Å². The molecule has 0 spiro atoms. The summed E-state index contributed by atoms with van der Waals surface area (Å²) < 4.78 is 0. The number of likely N-dealkylation sites (tertiary alicyclic amines) is 1. The van der Waals surface area contributed by atoms with Crippen molar-refractivity contribution in [2.45, 2.75) is 32.3 Å². The molecule has 1 aromatic heterocycles. The maximum Gasteiger partial charge on any atom is 0.251 e. The number of β-amino-alcohol motifs (C(OH)–C–C–N with tert-alkyl or cyclic N) is 1. The highest BCUT2D eigenvalue weighted by Gasteiger charge is 2.17. The summed E-state index contributed by atoms with van der Waals surface area (Å²) in [4.78, 5) is 27.2. The second-order valence-electron chi connectivity index (χ2n) is 7.01. The normalized spacial score (nSPS) is 17.6. The van der Waals surface area contributed by atoms with E-state index in [1.807, 2.05) is 29.6 Å². The van der Waals surface area contributed by atoms with Crippen molar-refractivity contribution >= 4 is 23.0 Å². The van der Waals surface area contributed by atoms with E-state index in [2.05, 4.69) is 10.2 Å². The molecule has 27 heavy (non-hydrogen) atoms. The Morgan fingerprint density at radius 2 is 2.19 bits per heavy atom. The Kier molecular flexibility index (Phi) is 6.77. The molecule has 3 rings (SSSR count). The fourth-order valence-corrected chi connectivity index (χ4v) is 4.30. The largest absolute Gasteiger partial charge is 0.392 e. The molecule has 0 radical (unpaired) electrons. The molecule has 6 heteroatoms. The number of carbonyl (C=O) groups is 2. The molecule has 1 aliphatic heterocycles. The van der Waals surface area contributed by atoms with Gasteiger partial charge in [0.1, 0.15) is 0 Å². The van der Waals surface area contributed by atoms with E-state index in [1.165, 1.54) is 11.3 Å². The van der Waals surface area contributed by atoms with Crippen molar-refractivity contribution in [3.05, 3.63) is 46.2 Å². The predicted molar refractivity (Wildman–Crippen MR) is 108 cm³/mol. The number of hydrogen-bond acceptors (Lipinski definition) is 5. The van der Waals surface area contributed by atoms with Crippen molar-refractivity contribution in [1.29, 1.82) is 0 Å². The number of rotatable bonds is 7. The first-order valence-electron chi connectivity index (χ1n) is 9.42. The third kappa shape index (κ3) is 5.25. The zero-order valence-electron chi connectivity index (χ0n) is 15.6. The number of amides is 1. The minimum absolute atomic E-state index is 0.0395. The van der Waals surface area contributed by atoms with Crippen LogP contribution in [0.1, 0.15) is 46.2 Å². The number of thiophene rings is 1. The van der Waals surface area contributed by atoms with Gasteiger partial charge >= 0.3 is 0 Å². The van der Waals surface area contributed by atoms with Crippen molar-refractivity contribution in [2.75, 3.05) is 26.2 Å². The van der Waals surface area contributed by atoms with E-state index in [0.29, 0.717) is 12.1 Å². The number of piperidine rings is 1. The van der Waals surface area contributed by atoms with Crippen LogP contribution in [0.5, 0.6) is 0 Å². The van der Waals surface area contributed by atoms with Gasteiger partial charge in [-0.3, -0.25) is 9.59 Å². The summed E-state index contributed by atoms with van der Waals surface area (Å²) in [7, 11) is 0. The number of hydrogen-bond donors (Lipinski definition) is 2. The Labute approximate surface area is 164 Å². The summed E-state index contributed by atoms with van der Waals surface area (Å²) in [5, 5.41) is 14.6. The number of carbonyl (C=O) groups excluding carboxylic acids is 2. The number of nitrogens with one attached hydrogen (secondary N) is 1. The Balaban J connectivity index is 1.54. The molecule has 0 bridgehead atoms. The molecule has 1 saturated heterocycles. The second kappa shape index (κ2) is 9.26. The van der Waals surface area contributed by atoms with Gasteiger partial charge in [0.15, 0.2) is 5.78 Å². The van der Waals surface area contributed by atoms with Crippen LogP contribution in [0.4, 0.5) is 0 Å². The molecule has 2 N–H and O–H groups in total. The van der Waals surface area contributed by atoms with E-state index in [4.69, 9.17) is 0 Å². The highest BCUT2D eigenvalue weighted by Crippen LogP contribution is 2.29. The number of ketones is 1. The maximum atomic E-state index is 12.5. The fraction of sp³-hybridized carbons (Fsp3) is 0.429. The van der Waals surface area contributed by atoms with Crippen LogP contribution in [0.2, 0.25) is 0 Å². The van der Waals surface area contributed by atoms with Gasteiger partial charge in [-0.25, -0.2) is 0 Å². The monoisotopic (exact) mass is 386 g/mol. The molecule has 2 heterocycles. The maximum absolute atomic E-state index is 12.5. The smallest absolute Gasteiger partial charge is 0.251 e. The summed E-state index contributed by atoms with van der Waals surface area (Å²) in [5.41, 5.74) is 2.36. The molecule has 1 aromatic carbocycles. The summed E-state index contributed by atoms with van der Waals surface area (Å²) in [6, 6.07) is 9.32. The van der Waals surface area contributed by atoms with Crippen molar-refractivity contribution in [3.8, 4) is 11.1 Å². The first-order chi connectivity index (χ1) is 13.0. The van der Waals surface area contributed by atoms with E-state index in [0.717, 1.165) is 54.9 Å². The van der Waals surface area contributed by atoms with Crippen LogP contribution in [-0.2, 0) is 0 Å². The van der Waals surface area contributed by atoms with Gasteiger partial charge in [-0.1, -0.05) is 12.1 Å². The van der Waals surface area contributed by atoms with Gasteiger partial charge in [-0.05, 0) is 68.4 Å². The molecule has 1 aliphatic rings. The Morgan fingerprint density at radius 3 is 2.96 bits per heavy atom. The molecule has 1 atom stereocenters. The molecule has 144 valence electrons. The first kappa shape index (κ1) is 19.7. The van der Waals surface area contributed by atoms with Crippen molar-refractivity contribution in [1.82, 2.24) is 10.2 Å². The standard InChI is InChI=1S/C21H26N2O3S/c1-15(24)20-19(8-12-27-20)16-5-2-6-17(13-16)21(26)22-9-4-11-23-10-3-7-18(25)14-23/h2,5-6,8,12-13,18,25H,3-4,7,9-11,14H2,1H3,(H,22,26)/t18-/m1/s1. The van der Waals surface area contributed by atoms with E-state index >= 15 is 0 Å². The molecular formula is C21H26N2O3S. The Morgan fingerprint density at radius 1 is 1.33 bits per heavy atom. The molecule has 1 fully saturated rings. The number of aliphatic hydroxyl groups excluding tert-OH is 1. The van der Waals surface area contributed by atoms with Gasteiger partial charge in [0.2, 0.25) is 0 Å². The van der Waals surface area contributed by atoms with Crippen LogP contribution >= 0.6 is 11.3 Å². The van der Waals surface area contributed by atoms with Gasteiger partial charge < -0.3 is 15.3 Å². The quantitative estimate of drug-likeness (QED) is 0.566. The third-order valence-corrected chi connectivity index (χ3v) is 5.85. The van der Waals surface area contributed by atoms with E-state index in [-0.39, 0.29) is 17.8 Å². The fourth-order valence-electron chi connectivity index (χ4n) is 3.48. The van der Waals surface area contributed by atoms with Crippen LogP contribution in [0, 0.1) is 0 Å². The highest BCUT2D eigenvalue weighted by atomic mass is 32.1. The lowest BCUT2D eigenvalue weighted by molar-refractivity contribution is 0.0697. The van der Waals surface area contributed by atoms with Crippen LogP contribution in [-0.4, -0.2) is 54.0 Å². The number of benzene rings is 1. The van der Waals surface area contributed by atoms with Crippen molar-refractivity contribution in [3.63, 3.8) is 0 Å². The van der Waals surface area contributed by atoms with Gasteiger partial charge in [0.05, 0.1) is 11.0 Å². The summed E-state index contributed by atoms with van der Waals surface area (Å²) in [6.45, 7) is 4.80. The van der Waals surface area contributed by atoms with Crippen molar-refractivity contribution < 1.29 is 14.7 Å². The van der Waals surface area contributed by atoms with Crippen LogP contribution < -0.4 is 5.32 Å². The molecule has 1 amide bonds. The molecule has 0 saturated carbocycles. The van der Waals surface area contributed by atoms with Gasteiger partial charge in [-0.15, -0.1) is 11.3 Å². The number of nitrogens with zero attached hydrogens (tertiary/aromatic N) is 1. The zero-order valence-corrected chi connectivity index (χ0v) is 16.4. The molecule has 0 aliphatic carbocycles. The first-order valence-corrected chi connectivity index (χ1v) is 10.3. The summed E-state index contributed by atoms with van der Waals surface area (Å²) in [5.74, 6) is -0.0622. The molecular weight excluding hydrogens is 360 g/mol. The predicted octanol–water partition coefficient (Wildman–Crippen LogP) is 3.19. The second-order valence-corrected chi connectivity index (χ2v) is 7.92. The van der Waals surface area contributed by atoms with E-state index < -0.39 is 0 Å². The van der Waals surface area contributed by atoms with E-state index in [1.54, 1.807) is 13.0 Å². The lowest BCUT2D eigenvalue weighted by Gasteiger charge is -2.29. The lowest BCUT2D eigenvalue weighted by Crippen LogP contribution is -2.39. The molecule has 5 nitrogen and oxygen atoms in total. The average Bonchev–Trinajstić information content (AvgIpc) is 3.15. The van der Waals surface area contributed by atoms with Crippen LogP contribution in [0.25, 0.3) is 11.1 Å². The van der Waals surface area contributed by atoms with E-state index in [9.17, 15) is 14.7 Å². The Hall–Kier alpha value is -2.02. The molecule has 2 aromatic rings. The lowest BCUT2D eigenvalue weighted by atomic mass is 10.0. The van der Waals surface area contributed by atoms with Gasteiger partial charge in [0.25, 0.3) is 5.91 Å². The SMILES string of the molecule is CC(=O)c1sccc1-c1cccc(C(=O)NCCCN2CCC[C@@H](O)C2)c1. The molecule has 0 unspecified atom stereocenters.